The highest BCUT2D eigenvalue weighted by molar-refractivity contribution is 5.76. The van der Waals surface area contributed by atoms with Crippen molar-refractivity contribution in [2.24, 2.45) is 5.73 Å². The predicted octanol–water partition coefficient (Wildman–Crippen LogP) is 2.59. The molecule has 1 unspecified atom stereocenters. The van der Waals surface area contributed by atoms with Gasteiger partial charge in [0.1, 0.15) is 0 Å². The second kappa shape index (κ2) is 10.9. The zero-order valence-corrected chi connectivity index (χ0v) is 10.9. The second-order valence-electron chi connectivity index (χ2n) is 4.56. The molecule has 0 radical (unpaired) electrons. The summed E-state index contributed by atoms with van der Waals surface area (Å²) in [7, 11) is 0. The van der Waals surface area contributed by atoms with Crippen LogP contribution in [0.2, 0.25) is 0 Å². The third-order valence-corrected chi connectivity index (χ3v) is 2.76. The van der Waals surface area contributed by atoms with Crippen molar-refractivity contribution in [3.8, 4) is 0 Å². The molecule has 3 N–H and O–H groups in total. The molecule has 0 aliphatic rings. The Balaban J connectivity index is 3.39. The first-order valence-electron chi connectivity index (χ1n) is 6.70. The minimum absolute atomic E-state index is 0.177. The molecule has 0 aromatic carbocycles. The molecule has 0 aliphatic carbocycles. The van der Waals surface area contributed by atoms with Crippen LogP contribution in [0.15, 0.2) is 0 Å². The molecule has 0 aliphatic heterocycles. The van der Waals surface area contributed by atoms with Gasteiger partial charge in [0.15, 0.2) is 0 Å². The fraction of sp³-hybridized carbons (Fsp3) is 0.923. The standard InChI is InChI=1S/C13H28N2O/c1-3-4-5-6-9-12(2)15-13(16)10-7-8-11-14/h12H,3-11,14H2,1-2H3,(H,15,16). The van der Waals surface area contributed by atoms with Gasteiger partial charge in [-0.15, -0.1) is 0 Å². The van der Waals surface area contributed by atoms with Gasteiger partial charge in [-0.3, -0.25) is 4.79 Å². The van der Waals surface area contributed by atoms with Crippen molar-refractivity contribution in [1.29, 1.82) is 0 Å². The van der Waals surface area contributed by atoms with Crippen LogP contribution in [0.3, 0.4) is 0 Å². The van der Waals surface area contributed by atoms with Gasteiger partial charge in [0.25, 0.3) is 0 Å². The van der Waals surface area contributed by atoms with Crippen molar-refractivity contribution in [3.05, 3.63) is 0 Å². The molecule has 0 bridgehead atoms. The summed E-state index contributed by atoms with van der Waals surface area (Å²) in [6.07, 6.45) is 8.64. The van der Waals surface area contributed by atoms with Crippen LogP contribution in [-0.2, 0) is 4.79 Å². The molecule has 0 saturated carbocycles. The van der Waals surface area contributed by atoms with Gasteiger partial charge in [-0.05, 0) is 32.7 Å². The van der Waals surface area contributed by atoms with Crippen molar-refractivity contribution in [2.75, 3.05) is 6.54 Å². The van der Waals surface area contributed by atoms with Crippen LogP contribution in [0.1, 0.15) is 65.2 Å². The van der Waals surface area contributed by atoms with E-state index in [1.54, 1.807) is 0 Å². The number of nitrogens with one attached hydrogen (secondary N) is 1. The van der Waals surface area contributed by atoms with Gasteiger partial charge in [0, 0.05) is 12.5 Å². The van der Waals surface area contributed by atoms with Crippen LogP contribution in [0.25, 0.3) is 0 Å². The van der Waals surface area contributed by atoms with Gasteiger partial charge in [-0.1, -0.05) is 32.6 Å². The maximum absolute atomic E-state index is 11.5. The largest absolute Gasteiger partial charge is 0.354 e. The molecule has 1 atom stereocenters. The van der Waals surface area contributed by atoms with Crippen LogP contribution in [0, 0.1) is 0 Å². The van der Waals surface area contributed by atoms with E-state index in [0.717, 1.165) is 19.3 Å². The smallest absolute Gasteiger partial charge is 0.220 e. The lowest BCUT2D eigenvalue weighted by Crippen LogP contribution is -2.32. The monoisotopic (exact) mass is 228 g/mol. The van der Waals surface area contributed by atoms with Crippen LogP contribution >= 0.6 is 0 Å². The Bertz CT molecular complexity index is 171. The summed E-state index contributed by atoms with van der Waals surface area (Å²) >= 11 is 0. The van der Waals surface area contributed by atoms with E-state index in [1.165, 1.54) is 25.7 Å². The summed E-state index contributed by atoms with van der Waals surface area (Å²) in [4.78, 5) is 11.5. The van der Waals surface area contributed by atoms with Crippen molar-refractivity contribution >= 4 is 5.91 Å². The third-order valence-electron chi connectivity index (χ3n) is 2.76. The Morgan fingerprint density at radius 1 is 1.19 bits per heavy atom. The van der Waals surface area contributed by atoms with Gasteiger partial charge in [-0.2, -0.15) is 0 Å². The number of hydrogen-bond acceptors (Lipinski definition) is 2. The van der Waals surface area contributed by atoms with E-state index < -0.39 is 0 Å². The van der Waals surface area contributed by atoms with Gasteiger partial charge in [0.2, 0.25) is 5.91 Å². The first-order chi connectivity index (χ1) is 7.70. The van der Waals surface area contributed by atoms with E-state index in [0.29, 0.717) is 19.0 Å². The van der Waals surface area contributed by atoms with Crippen molar-refractivity contribution < 1.29 is 4.79 Å². The summed E-state index contributed by atoms with van der Waals surface area (Å²) < 4.78 is 0. The molecule has 0 saturated heterocycles. The number of amides is 1. The minimum atomic E-state index is 0.177. The Hall–Kier alpha value is -0.570. The summed E-state index contributed by atoms with van der Waals surface area (Å²) in [5, 5.41) is 3.04. The highest BCUT2D eigenvalue weighted by Crippen LogP contribution is 2.05. The fourth-order valence-electron chi connectivity index (χ4n) is 1.73. The predicted molar refractivity (Wildman–Crippen MR) is 69.3 cm³/mol. The van der Waals surface area contributed by atoms with E-state index in [2.05, 4.69) is 19.2 Å². The normalized spacial score (nSPS) is 12.4. The lowest BCUT2D eigenvalue weighted by Gasteiger charge is -2.13. The van der Waals surface area contributed by atoms with Gasteiger partial charge in [-0.25, -0.2) is 0 Å². The van der Waals surface area contributed by atoms with Crippen LogP contribution < -0.4 is 11.1 Å². The van der Waals surface area contributed by atoms with E-state index in [9.17, 15) is 4.79 Å². The lowest BCUT2D eigenvalue weighted by molar-refractivity contribution is -0.121. The number of nitrogens with two attached hydrogens (primary N) is 1. The summed E-state index contributed by atoms with van der Waals surface area (Å²) in [5.74, 6) is 0.177. The highest BCUT2D eigenvalue weighted by Gasteiger charge is 2.06. The molecule has 0 aromatic rings. The molecular formula is C13H28N2O. The Labute approximate surface area is 100 Å². The van der Waals surface area contributed by atoms with E-state index in [-0.39, 0.29) is 5.91 Å². The van der Waals surface area contributed by atoms with E-state index in [4.69, 9.17) is 5.73 Å². The lowest BCUT2D eigenvalue weighted by atomic mass is 10.1. The first-order valence-corrected chi connectivity index (χ1v) is 6.70. The minimum Gasteiger partial charge on any atom is -0.354 e. The van der Waals surface area contributed by atoms with Crippen LogP contribution in [0.5, 0.6) is 0 Å². The number of unbranched alkanes of at least 4 members (excludes halogenated alkanes) is 4. The summed E-state index contributed by atoms with van der Waals surface area (Å²) in [5.41, 5.74) is 5.38. The van der Waals surface area contributed by atoms with Crippen LogP contribution in [-0.4, -0.2) is 18.5 Å². The quantitative estimate of drug-likeness (QED) is 0.565. The fourth-order valence-corrected chi connectivity index (χ4v) is 1.73. The van der Waals surface area contributed by atoms with Gasteiger partial charge in [0.05, 0.1) is 0 Å². The highest BCUT2D eigenvalue weighted by atomic mass is 16.1. The Morgan fingerprint density at radius 2 is 1.94 bits per heavy atom. The molecule has 0 fully saturated rings. The Morgan fingerprint density at radius 3 is 2.56 bits per heavy atom. The molecular weight excluding hydrogens is 200 g/mol. The van der Waals surface area contributed by atoms with Crippen molar-refractivity contribution in [2.45, 2.75) is 71.3 Å². The maximum atomic E-state index is 11.5. The first kappa shape index (κ1) is 15.4. The van der Waals surface area contributed by atoms with Crippen molar-refractivity contribution in [3.63, 3.8) is 0 Å². The number of carbonyl (C=O) groups is 1. The second-order valence-corrected chi connectivity index (χ2v) is 4.56. The van der Waals surface area contributed by atoms with Crippen molar-refractivity contribution in [1.82, 2.24) is 5.32 Å². The SMILES string of the molecule is CCCCCCC(C)NC(=O)CCCCN. The molecule has 3 heteroatoms. The zero-order valence-electron chi connectivity index (χ0n) is 10.9. The molecule has 0 aromatic heterocycles. The van der Waals surface area contributed by atoms with Gasteiger partial charge >= 0.3 is 0 Å². The molecule has 0 heterocycles. The maximum Gasteiger partial charge on any atom is 0.220 e. The molecule has 3 nitrogen and oxygen atoms in total. The average molecular weight is 228 g/mol. The summed E-state index contributed by atoms with van der Waals surface area (Å²) in [6.45, 7) is 4.98. The zero-order chi connectivity index (χ0) is 12.2. The van der Waals surface area contributed by atoms with Crippen LogP contribution in [0.4, 0.5) is 0 Å². The summed E-state index contributed by atoms with van der Waals surface area (Å²) in [6, 6.07) is 0.322. The number of rotatable bonds is 10. The molecule has 0 rings (SSSR count). The van der Waals surface area contributed by atoms with E-state index in [1.807, 2.05) is 0 Å². The topological polar surface area (TPSA) is 55.1 Å². The molecule has 0 spiro atoms. The Kier molecular flexibility index (Phi) is 10.5. The molecule has 96 valence electrons. The molecule has 16 heavy (non-hydrogen) atoms. The van der Waals surface area contributed by atoms with E-state index >= 15 is 0 Å². The van der Waals surface area contributed by atoms with Gasteiger partial charge < -0.3 is 11.1 Å². The average Bonchev–Trinajstić information content (AvgIpc) is 2.25. The third kappa shape index (κ3) is 9.97. The number of carbonyl (C=O) groups excluding carboxylic acids is 1. The molecule has 1 amide bonds. The number of hydrogen-bond donors (Lipinski definition) is 2.